The van der Waals surface area contributed by atoms with Gasteiger partial charge in [0.05, 0.1) is 6.04 Å². The van der Waals surface area contributed by atoms with Crippen molar-refractivity contribution in [2.24, 2.45) is 0 Å². The molecule has 1 aromatic heterocycles. The largest absolute Gasteiger partial charge is 0.507 e. The van der Waals surface area contributed by atoms with Crippen LogP contribution >= 0.6 is 0 Å². The van der Waals surface area contributed by atoms with Gasteiger partial charge in [-0.05, 0) is 56.2 Å². The first kappa shape index (κ1) is 21.4. The Hall–Kier alpha value is -3.28. The van der Waals surface area contributed by atoms with Gasteiger partial charge in [-0.3, -0.25) is 9.78 Å². The van der Waals surface area contributed by atoms with Crippen molar-refractivity contribution in [2.45, 2.75) is 39.7 Å². The summed E-state index contributed by atoms with van der Waals surface area (Å²) < 4.78 is 0. The van der Waals surface area contributed by atoms with Crippen LogP contribution in [-0.2, 0) is 4.79 Å². The Morgan fingerprint density at radius 1 is 1.10 bits per heavy atom. The second-order valence-corrected chi connectivity index (χ2v) is 7.25. The molecule has 3 rings (SSSR count). The summed E-state index contributed by atoms with van der Waals surface area (Å²) in [4.78, 5) is 18.9. The monoisotopic (exact) mass is 407 g/mol. The maximum Gasteiger partial charge on any atom is 0.220 e. The first-order chi connectivity index (χ1) is 14.5. The van der Waals surface area contributed by atoms with Gasteiger partial charge in [-0.2, -0.15) is 0 Å². The Labute approximate surface area is 177 Å². The molecule has 30 heavy (non-hydrogen) atoms. The van der Waals surface area contributed by atoms with E-state index in [-0.39, 0.29) is 17.4 Å². The fraction of sp³-hybridized carbons (Fsp3) is 0.333. The molecule has 0 saturated carbocycles. The standard InChI is InChI=1S/C24H29N3O3/c1-4-8-21(29)26-22(16-10-12-17(13-11-16)27(5-2)6-3)19-15-20(28)18-9-7-14-25-23(18)24(19)30/h7,9-15,22,28,30H,4-6,8H2,1-3H3,(H,26,29). The summed E-state index contributed by atoms with van der Waals surface area (Å²) in [5.41, 5.74) is 2.63. The van der Waals surface area contributed by atoms with Gasteiger partial charge in [0.25, 0.3) is 0 Å². The van der Waals surface area contributed by atoms with E-state index in [1.54, 1.807) is 18.3 Å². The highest BCUT2D eigenvalue weighted by Crippen LogP contribution is 2.39. The van der Waals surface area contributed by atoms with Crippen molar-refractivity contribution >= 4 is 22.5 Å². The van der Waals surface area contributed by atoms with Crippen LogP contribution in [-0.4, -0.2) is 34.2 Å². The number of carbonyl (C=O) groups excluding carboxylic acids is 1. The van der Waals surface area contributed by atoms with Gasteiger partial charge in [-0.1, -0.05) is 19.1 Å². The SMILES string of the molecule is CCCC(=O)NC(c1ccc(N(CC)CC)cc1)c1cc(O)c2cccnc2c1O. The second-order valence-electron chi connectivity index (χ2n) is 7.25. The molecule has 0 aliphatic rings. The number of rotatable bonds is 8. The van der Waals surface area contributed by atoms with Crippen molar-refractivity contribution in [1.29, 1.82) is 0 Å². The summed E-state index contributed by atoms with van der Waals surface area (Å²) in [5.74, 6) is -0.145. The number of carbonyl (C=O) groups is 1. The maximum absolute atomic E-state index is 12.4. The molecule has 1 amide bonds. The molecule has 3 aromatic rings. The third-order valence-corrected chi connectivity index (χ3v) is 5.32. The van der Waals surface area contributed by atoms with Gasteiger partial charge in [0, 0.05) is 42.3 Å². The third kappa shape index (κ3) is 4.32. The third-order valence-electron chi connectivity index (χ3n) is 5.32. The summed E-state index contributed by atoms with van der Waals surface area (Å²) >= 11 is 0. The Bertz CT molecular complexity index is 1010. The Balaban J connectivity index is 2.09. The zero-order chi connectivity index (χ0) is 21.7. The van der Waals surface area contributed by atoms with Crippen molar-refractivity contribution in [2.75, 3.05) is 18.0 Å². The smallest absolute Gasteiger partial charge is 0.220 e. The van der Waals surface area contributed by atoms with Crippen LogP contribution in [0.4, 0.5) is 5.69 Å². The second kappa shape index (κ2) is 9.48. The molecule has 0 bridgehead atoms. The lowest BCUT2D eigenvalue weighted by Crippen LogP contribution is -2.29. The molecule has 2 aromatic carbocycles. The summed E-state index contributed by atoms with van der Waals surface area (Å²) in [7, 11) is 0. The van der Waals surface area contributed by atoms with Crippen LogP contribution in [0, 0.1) is 0 Å². The fourth-order valence-electron chi connectivity index (χ4n) is 3.72. The number of amides is 1. The van der Waals surface area contributed by atoms with E-state index in [1.807, 2.05) is 31.2 Å². The fourth-order valence-corrected chi connectivity index (χ4v) is 3.72. The van der Waals surface area contributed by atoms with Crippen LogP contribution < -0.4 is 10.2 Å². The number of aromatic hydroxyl groups is 2. The Morgan fingerprint density at radius 2 is 1.80 bits per heavy atom. The quantitative estimate of drug-likeness (QED) is 0.479. The van der Waals surface area contributed by atoms with Crippen molar-refractivity contribution in [1.82, 2.24) is 10.3 Å². The zero-order valence-electron chi connectivity index (χ0n) is 17.7. The summed E-state index contributed by atoms with van der Waals surface area (Å²) in [6, 6.07) is 12.2. The number of fused-ring (bicyclic) bond motifs is 1. The van der Waals surface area contributed by atoms with E-state index in [1.165, 1.54) is 6.07 Å². The van der Waals surface area contributed by atoms with Crippen LogP contribution in [0.25, 0.3) is 10.9 Å². The molecule has 1 atom stereocenters. The molecule has 0 radical (unpaired) electrons. The minimum absolute atomic E-state index is 0.0143. The van der Waals surface area contributed by atoms with Gasteiger partial charge in [0.2, 0.25) is 5.91 Å². The van der Waals surface area contributed by atoms with Crippen LogP contribution in [0.15, 0.2) is 48.7 Å². The van der Waals surface area contributed by atoms with Gasteiger partial charge in [0.1, 0.15) is 17.0 Å². The number of nitrogens with zero attached hydrogens (tertiary/aromatic N) is 2. The average molecular weight is 408 g/mol. The number of nitrogens with one attached hydrogen (secondary N) is 1. The number of phenolic OH excluding ortho intramolecular Hbond substituents is 2. The minimum atomic E-state index is -0.605. The van der Waals surface area contributed by atoms with Gasteiger partial charge < -0.3 is 20.4 Å². The highest BCUT2D eigenvalue weighted by atomic mass is 16.3. The molecule has 0 saturated heterocycles. The topological polar surface area (TPSA) is 85.7 Å². The number of hydrogen-bond acceptors (Lipinski definition) is 5. The normalized spacial score (nSPS) is 12.0. The number of phenols is 2. The van der Waals surface area contributed by atoms with E-state index in [0.717, 1.165) is 30.8 Å². The number of anilines is 1. The van der Waals surface area contributed by atoms with E-state index in [9.17, 15) is 15.0 Å². The van der Waals surface area contributed by atoms with Crippen molar-refractivity contribution in [3.05, 3.63) is 59.8 Å². The van der Waals surface area contributed by atoms with Crippen LogP contribution in [0.1, 0.15) is 50.8 Å². The molecule has 3 N–H and O–H groups in total. The predicted octanol–water partition coefficient (Wildman–Crippen LogP) is 4.50. The number of aromatic nitrogens is 1. The molecular formula is C24H29N3O3. The van der Waals surface area contributed by atoms with Crippen LogP contribution in [0.2, 0.25) is 0 Å². The van der Waals surface area contributed by atoms with E-state index >= 15 is 0 Å². The molecule has 0 spiro atoms. The molecular weight excluding hydrogens is 378 g/mol. The van der Waals surface area contributed by atoms with E-state index in [2.05, 4.69) is 29.0 Å². The van der Waals surface area contributed by atoms with Gasteiger partial charge >= 0.3 is 0 Å². The molecule has 6 heteroatoms. The van der Waals surface area contributed by atoms with Gasteiger partial charge in [0.15, 0.2) is 0 Å². The predicted molar refractivity (Wildman–Crippen MR) is 120 cm³/mol. The number of hydrogen-bond donors (Lipinski definition) is 3. The molecule has 0 fully saturated rings. The Morgan fingerprint density at radius 3 is 2.43 bits per heavy atom. The number of pyridine rings is 1. The lowest BCUT2D eigenvalue weighted by Gasteiger charge is -2.24. The highest BCUT2D eigenvalue weighted by molar-refractivity contribution is 5.91. The average Bonchev–Trinajstić information content (AvgIpc) is 2.76. The molecule has 6 nitrogen and oxygen atoms in total. The van der Waals surface area contributed by atoms with E-state index in [4.69, 9.17) is 0 Å². The molecule has 1 unspecified atom stereocenters. The maximum atomic E-state index is 12.4. The summed E-state index contributed by atoms with van der Waals surface area (Å²) in [5, 5.41) is 24.9. The minimum Gasteiger partial charge on any atom is -0.507 e. The molecule has 0 aliphatic carbocycles. The lowest BCUT2D eigenvalue weighted by atomic mass is 9.95. The molecule has 0 aliphatic heterocycles. The summed E-state index contributed by atoms with van der Waals surface area (Å²) in [6.45, 7) is 7.95. The van der Waals surface area contributed by atoms with E-state index in [0.29, 0.717) is 22.9 Å². The van der Waals surface area contributed by atoms with Gasteiger partial charge in [-0.15, -0.1) is 0 Å². The van der Waals surface area contributed by atoms with E-state index < -0.39 is 6.04 Å². The van der Waals surface area contributed by atoms with Crippen molar-refractivity contribution in [3.8, 4) is 11.5 Å². The highest BCUT2D eigenvalue weighted by Gasteiger charge is 2.23. The Kier molecular flexibility index (Phi) is 6.77. The lowest BCUT2D eigenvalue weighted by molar-refractivity contribution is -0.121. The zero-order valence-corrected chi connectivity index (χ0v) is 17.7. The first-order valence-electron chi connectivity index (χ1n) is 10.4. The molecule has 158 valence electrons. The van der Waals surface area contributed by atoms with Crippen LogP contribution in [0.5, 0.6) is 11.5 Å². The summed E-state index contributed by atoms with van der Waals surface area (Å²) in [6.07, 6.45) is 2.66. The van der Waals surface area contributed by atoms with Crippen molar-refractivity contribution < 1.29 is 15.0 Å². The van der Waals surface area contributed by atoms with Gasteiger partial charge in [-0.25, -0.2) is 0 Å². The van der Waals surface area contributed by atoms with Crippen LogP contribution in [0.3, 0.4) is 0 Å². The first-order valence-corrected chi connectivity index (χ1v) is 10.4. The number of benzene rings is 2. The molecule has 1 heterocycles. The van der Waals surface area contributed by atoms with Crippen molar-refractivity contribution in [3.63, 3.8) is 0 Å².